The van der Waals surface area contributed by atoms with Gasteiger partial charge in [-0.2, -0.15) is 8.78 Å². The highest BCUT2D eigenvalue weighted by molar-refractivity contribution is 6.36. The molecule has 1 saturated heterocycles. The first kappa shape index (κ1) is 41.1. The largest absolute Gasteiger partial charge is 0.481 e. The van der Waals surface area contributed by atoms with E-state index in [2.05, 4.69) is 29.9 Å². The number of anilines is 2. The van der Waals surface area contributed by atoms with Crippen molar-refractivity contribution in [1.29, 1.82) is 0 Å². The summed E-state index contributed by atoms with van der Waals surface area (Å²) in [4.78, 5) is 37.8. The Kier molecular flexibility index (Phi) is 12.7. The van der Waals surface area contributed by atoms with Crippen LogP contribution in [0.2, 0.25) is 5.02 Å². The highest BCUT2D eigenvalue weighted by atomic mass is 35.5. The van der Waals surface area contributed by atoms with Gasteiger partial charge in [0.25, 0.3) is 6.43 Å². The van der Waals surface area contributed by atoms with Crippen molar-refractivity contribution in [3.05, 3.63) is 82.5 Å². The lowest BCUT2D eigenvalue weighted by Crippen LogP contribution is -2.36. The predicted molar refractivity (Wildman–Crippen MR) is 210 cm³/mol. The molecule has 7 rings (SSSR count). The number of ether oxygens (including phenoxy) is 2. The third kappa shape index (κ3) is 9.15. The van der Waals surface area contributed by atoms with E-state index < -0.39 is 30.9 Å². The summed E-state index contributed by atoms with van der Waals surface area (Å²) in [5.74, 6) is -1.24. The minimum atomic E-state index is -2.95. The highest BCUT2D eigenvalue weighted by Gasteiger charge is 2.29. The normalized spacial score (nSPS) is 18.8. The van der Waals surface area contributed by atoms with E-state index in [1.165, 1.54) is 7.11 Å². The molecular weight excluding hydrogens is 780 g/mol. The summed E-state index contributed by atoms with van der Waals surface area (Å²) in [6.45, 7) is 0.735. The molecule has 1 atom stereocenters. The molecule has 0 spiro atoms. The molecule has 3 aromatic heterocycles. The number of hydrogen-bond acceptors (Lipinski definition) is 11. The number of rotatable bonds is 14. The summed E-state index contributed by atoms with van der Waals surface area (Å²) in [7, 11) is 3.53. The lowest BCUT2D eigenvalue weighted by Gasteiger charge is -2.33. The number of nitrogens with zero attached hydrogens (tertiary/aromatic N) is 7. The Morgan fingerprint density at radius 3 is 2.47 bits per heavy atom. The van der Waals surface area contributed by atoms with Crippen molar-refractivity contribution in [3.63, 3.8) is 0 Å². The highest BCUT2D eigenvalue weighted by Crippen LogP contribution is 2.40. The fourth-order valence-corrected chi connectivity index (χ4v) is 8.19. The minimum absolute atomic E-state index is 0.0968. The Morgan fingerprint density at radius 2 is 1.74 bits per heavy atom. The van der Waals surface area contributed by atoms with Crippen LogP contribution in [-0.4, -0.2) is 91.8 Å². The van der Waals surface area contributed by atoms with E-state index in [0.29, 0.717) is 90.1 Å². The molecular formula is C41H43ClF4N8O4. The van der Waals surface area contributed by atoms with E-state index in [0.717, 1.165) is 24.0 Å². The van der Waals surface area contributed by atoms with Crippen LogP contribution in [0.4, 0.5) is 29.1 Å². The van der Waals surface area contributed by atoms with Gasteiger partial charge in [-0.1, -0.05) is 41.9 Å². The van der Waals surface area contributed by atoms with Crippen LogP contribution in [-0.2, 0) is 22.6 Å². The summed E-state index contributed by atoms with van der Waals surface area (Å²) in [5, 5.41) is 13.0. The van der Waals surface area contributed by atoms with Crippen molar-refractivity contribution in [1.82, 2.24) is 34.7 Å². The molecule has 2 aromatic carbocycles. The number of hydrogen-bond donors (Lipinski definition) is 2. The lowest BCUT2D eigenvalue weighted by molar-refractivity contribution is -0.158. The van der Waals surface area contributed by atoms with Gasteiger partial charge in [-0.15, -0.1) is 0 Å². The molecule has 4 heterocycles. The van der Waals surface area contributed by atoms with E-state index in [4.69, 9.17) is 26.3 Å². The number of benzene rings is 2. The molecule has 2 aliphatic rings. The quantitative estimate of drug-likeness (QED) is 0.104. The second-order valence-electron chi connectivity index (χ2n) is 14.7. The Balaban J connectivity index is 1.12. The zero-order valence-electron chi connectivity index (χ0n) is 32.1. The molecule has 1 aliphatic carbocycles. The fraction of sp³-hybridized carbons (Fsp3) is 0.415. The third-order valence-corrected chi connectivity index (χ3v) is 11.4. The van der Waals surface area contributed by atoms with Crippen LogP contribution in [0, 0.1) is 12.8 Å². The molecule has 0 amide bonds. The van der Waals surface area contributed by atoms with Crippen LogP contribution in [0.3, 0.4) is 0 Å². The van der Waals surface area contributed by atoms with E-state index in [1.54, 1.807) is 24.5 Å². The first-order valence-corrected chi connectivity index (χ1v) is 19.4. The number of aromatic nitrogens is 5. The van der Waals surface area contributed by atoms with Gasteiger partial charge in [-0.3, -0.25) is 24.6 Å². The van der Waals surface area contributed by atoms with Gasteiger partial charge in [-0.25, -0.2) is 23.7 Å². The monoisotopic (exact) mass is 822 g/mol. The number of carboxylic acids is 1. The number of alkyl halides is 4. The molecule has 1 saturated carbocycles. The maximum Gasteiger partial charge on any atom is 0.345 e. The summed E-state index contributed by atoms with van der Waals surface area (Å²) < 4.78 is 64.0. The molecule has 17 heteroatoms. The number of methoxy groups -OCH3 is 1. The van der Waals surface area contributed by atoms with E-state index in [-0.39, 0.29) is 28.8 Å². The second kappa shape index (κ2) is 17.9. The van der Waals surface area contributed by atoms with Gasteiger partial charge in [-0.05, 0) is 74.9 Å². The lowest BCUT2D eigenvalue weighted by atomic mass is 9.85. The van der Waals surface area contributed by atoms with Gasteiger partial charge in [0.1, 0.15) is 11.2 Å². The van der Waals surface area contributed by atoms with Gasteiger partial charge < -0.3 is 19.9 Å². The van der Waals surface area contributed by atoms with Crippen molar-refractivity contribution in [3.8, 4) is 28.3 Å². The maximum atomic E-state index is 14.1. The first-order chi connectivity index (χ1) is 27.9. The summed E-state index contributed by atoms with van der Waals surface area (Å²) in [6, 6.07) is 13.0. The molecule has 1 aliphatic heterocycles. The molecule has 2 N–H and O–H groups in total. The number of carbonyl (C=O) groups is 1. The molecule has 0 radical (unpaired) electrons. The summed E-state index contributed by atoms with van der Waals surface area (Å²) >= 11 is 7.12. The Bertz CT molecular complexity index is 2280. The van der Waals surface area contributed by atoms with Gasteiger partial charge in [0, 0.05) is 55.2 Å². The molecule has 2 fully saturated rings. The third-order valence-electron chi connectivity index (χ3n) is 11.0. The first-order valence-electron chi connectivity index (χ1n) is 19.0. The van der Waals surface area contributed by atoms with Crippen molar-refractivity contribution in [2.45, 2.75) is 77.3 Å². The number of aliphatic carboxylic acids is 1. The SMILES string of the molecule is COc1nc(-c2cccc(-c3cccc(Nc4nc(C(F)F)nc5cc(CN6CC[C@@H](OC(F)F)C6)cnc45)c3C)c2Cl)cnc1CN(C)C1CCC(C(=O)O)CC1. The van der Waals surface area contributed by atoms with Crippen molar-refractivity contribution >= 4 is 40.1 Å². The van der Waals surface area contributed by atoms with Crippen molar-refractivity contribution in [2.24, 2.45) is 5.92 Å². The standard InChI is InChI=1S/C41H43ClF4N8O4/c1-22-27(28-7-4-8-29(34(28)42)32-18-47-33(39(51-32)57-3)21-53(2)25-12-10-24(11-13-25)40(55)56)6-5-9-30(22)49-37-35-31(50-38(52-37)36(43)44)16-23(17-48-35)19-54-15-14-26(20-54)58-41(45)46/h4-9,16-18,24-26,36,41H,10-15,19-21H2,1-3H3,(H,55,56)(H,49,50,52)/t24?,25?,26-/m1/s1. The number of carboxylic acid groups (broad SMARTS) is 1. The van der Waals surface area contributed by atoms with Crippen molar-refractivity contribution < 1.29 is 36.9 Å². The average Bonchev–Trinajstić information content (AvgIpc) is 3.64. The Morgan fingerprint density at radius 1 is 1.00 bits per heavy atom. The number of nitrogens with one attached hydrogen (secondary N) is 1. The zero-order valence-corrected chi connectivity index (χ0v) is 32.9. The van der Waals surface area contributed by atoms with Gasteiger partial charge in [0.2, 0.25) is 5.88 Å². The van der Waals surface area contributed by atoms with Gasteiger partial charge in [0.05, 0.1) is 41.6 Å². The van der Waals surface area contributed by atoms with E-state index in [1.807, 2.05) is 49.2 Å². The smallest absolute Gasteiger partial charge is 0.345 e. The van der Waals surface area contributed by atoms with E-state index >= 15 is 0 Å². The van der Waals surface area contributed by atoms with Gasteiger partial charge >= 0.3 is 12.6 Å². The van der Waals surface area contributed by atoms with Crippen LogP contribution in [0.15, 0.2) is 54.9 Å². The minimum Gasteiger partial charge on any atom is -0.481 e. The summed E-state index contributed by atoms with van der Waals surface area (Å²) in [5.41, 5.74) is 5.79. The molecule has 58 heavy (non-hydrogen) atoms. The number of halogens is 5. The number of fused-ring (bicyclic) bond motifs is 1. The van der Waals surface area contributed by atoms with Crippen LogP contribution in [0.5, 0.6) is 5.88 Å². The van der Waals surface area contributed by atoms with Crippen LogP contribution in [0.25, 0.3) is 33.4 Å². The van der Waals surface area contributed by atoms with E-state index in [9.17, 15) is 27.5 Å². The number of pyridine rings is 1. The Labute approximate surface area is 337 Å². The zero-order chi connectivity index (χ0) is 41.1. The van der Waals surface area contributed by atoms with Crippen LogP contribution in [0.1, 0.15) is 61.2 Å². The summed E-state index contributed by atoms with van der Waals surface area (Å²) in [6.07, 6.45) is 3.05. The molecule has 0 unspecified atom stereocenters. The second-order valence-corrected chi connectivity index (χ2v) is 15.1. The maximum absolute atomic E-state index is 14.1. The van der Waals surface area contributed by atoms with Crippen LogP contribution < -0.4 is 10.1 Å². The van der Waals surface area contributed by atoms with Crippen molar-refractivity contribution in [2.75, 3.05) is 32.6 Å². The molecule has 0 bridgehead atoms. The Hall–Kier alpha value is -5.03. The van der Waals surface area contributed by atoms with Crippen LogP contribution >= 0.6 is 11.6 Å². The van der Waals surface area contributed by atoms with Gasteiger partial charge in [0.15, 0.2) is 11.6 Å². The molecule has 306 valence electrons. The average molecular weight is 823 g/mol. The predicted octanol–water partition coefficient (Wildman–Crippen LogP) is 8.69. The molecule has 12 nitrogen and oxygen atoms in total. The fourth-order valence-electron chi connectivity index (χ4n) is 7.86. The topological polar surface area (TPSA) is 139 Å². The molecule has 5 aromatic rings. The number of likely N-dealkylation sites (tertiary alicyclic amines) is 1.